The first-order chi connectivity index (χ1) is 9.10. The lowest BCUT2D eigenvalue weighted by Gasteiger charge is -2.18. The van der Waals surface area contributed by atoms with Gasteiger partial charge in [0.15, 0.2) is 0 Å². The molecule has 1 heterocycles. The molecule has 4 nitrogen and oxygen atoms in total. The van der Waals surface area contributed by atoms with E-state index >= 15 is 0 Å². The summed E-state index contributed by atoms with van der Waals surface area (Å²) in [6.45, 7) is 12.1. The molecule has 0 amide bonds. The van der Waals surface area contributed by atoms with Gasteiger partial charge in [-0.3, -0.25) is 0 Å². The molecule has 0 unspecified atom stereocenters. The first-order valence-corrected chi connectivity index (χ1v) is 7.07. The van der Waals surface area contributed by atoms with Crippen molar-refractivity contribution in [2.75, 3.05) is 26.2 Å². The van der Waals surface area contributed by atoms with Crippen LogP contribution in [-0.2, 0) is 6.61 Å². The number of aromatic nitrogens is 1. The molecule has 19 heavy (non-hydrogen) atoms. The molecule has 1 aromatic heterocycles. The standard InChI is InChI=1S/C15H26N2O2/c1-5-17(6-2)7-8-19-15-10-13(11-18)9-14(16-15)12(3)4/h9-10,12,18H,5-8,11H2,1-4H3. The highest BCUT2D eigenvalue weighted by atomic mass is 16.5. The molecule has 0 radical (unpaired) electrons. The maximum absolute atomic E-state index is 9.27. The highest BCUT2D eigenvalue weighted by Gasteiger charge is 2.07. The van der Waals surface area contributed by atoms with E-state index in [4.69, 9.17) is 4.74 Å². The molecule has 1 N–H and O–H groups in total. The van der Waals surface area contributed by atoms with Gasteiger partial charge in [-0.05, 0) is 30.6 Å². The number of hydrogen-bond acceptors (Lipinski definition) is 4. The summed E-state index contributed by atoms with van der Waals surface area (Å²) in [6.07, 6.45) is 0. The van der Waals surface area contributed by atoms with E-state index in [1.54, 1.807) is 0 Å². The van der Waals surface area contributed by atoms with Crippen molar-refractivity contribution in [1.29, 1.82) is 0 Å². The Bertz CT molecular complexity index is 376. The Morgan fingerprint density at radius 2 is 1.95 bits per heavy atom. The minimum absolute atomic E-state index is 0.0225. The van der Waals surface area contributed by atoms with E-state index in [1.807, 2.05) is 12.1 Å². The Kier molecular flexibility index (Phi) is 6.81. The van der Waals surface area contributed by atoms with Crippen molar-refractivity contribution >= 4 is 0 Å². The molecule has 0 aliphatic carbocycles. The lowest BCUT2D eigenvalue weighted by Crippen LogP contribution is -2.28. The summed E-state index contributed by atoms with van der Waals surface area (Å²) in [5.74, 6) is 0.944. The summed E-state index contributed by atoms with van der Waals surface area (Å²) < 4.78 is 5.71. The minimum Gasteiger partial charge on any atom is -0.476 e. The van der Waals surface area contributed by atoms with E-state index in [0.29, 0.717) is 18.4 Å². The lowest BCUT2D eigenvalue weighted by molar-refractivity contribution is 0.216. The van der Waals surface area contributed by atoms with Gasteiger partial charge < -0.3 is 14.7 Å². The van der Waals surface area contributed by atoms with Crippen molar-refractivity contribution in [3.63, 3.8) is 0 Å². The molecule has 0 atom stereocenters. The second kappa shape index (κ2) is 8.12. The normalized spacial score (nSPS) is 11.3. The van der Waals surface area contributed by atoms with Gasteiger partial charge in [0.2, 0.25) is 5.88 Å². The second-order valence-corrected chi connectivity index (χ2v) is 4.93. The molecule has 0 aliphatic heterocycles. The maximum Gasteiger partial charge on any atom is 0.213 e. The van der Waals surface area contributed by atoms with Crippen LogP contribution in [0, 0.1) is 0 Å². The fraction of sp³-hybridized carbons (Fsp3) is 0.667. The molecule has 0 fully saturated rings. The molecule has 108 valence electrons. The molecule has 0 saturated carbocycles. The monoisotopic (exact) mass is 266 g/mol. The van der Waals surface area contributed by atoms with Crippen LogP contribution in [0.25, 0.3) is 0 Å². The predicted octanol–water partition coefficient (Wildman–Crippen LogP) is 2.42. The summed E-state index contributed by atoms with van der Waals surface area (Å²) in [4.78, 5) is 6.78. The summed E-state index contributed by atoms with van der Waals surface area (Å²) in [5, 5.41) is 9.27. The van der Waals surface area contributed by atoms with Gasteiger partial charge in [-0.2, -0.15) is 0 Å². The zero-order valence-corrected chi connectivity index (χ0v) is 12.5. The number of nitrogens with zero attached hydrogens (tertiary/aromatic N) is 2. The Labute approximate surface area is 116 Å². The number of aliphatic hydroxyl groups excluding tert-OH is 1. The number of hydrogen-bond donors (Lipinski definition) is 1. The van der Waals surface area contributed by atoms with Crippen LogP contribution in [0.15, 0.2) is 12.1 Å². The second-order valence-electron chi connectivity index (χ2n) is 4.93. The lowest BCUT2D eigenvalue weighted by atomic mass is 10.1. The van der Waals surface area contributed by atoms with Crippen LogP contribution >= 0.6 is 0 Å². The van der Waals surface area contributed by atoms with Crippen molar-refractivity contribution in [1.82, 2.24) is 9.88 Å². The summed E-state index contributed by atoms with van der Waals surface area (Å²) in [5.41, 5.74) is 1.82. The van der Waals surface area contributed by atoms with Crippen LogP contribution in [0.3, 0.4) is 0 Å². The van der Waals surface area contributed by atoms with E-state index in [9.17, 15) is 5.11 Å². The van der Waals surface area contributed by atoms with Crippen LogP contribution in [0.5, 0.6) is 5.88 Å². The molecule has 1 rings (SSSR count). The highest BCUT2D eigenvalue weighted by Crippen LogP contribution is 2.19. The molecule has 0 aromatic carbocycles. The first-order valence-electron chi connectivity index (χ1n) is 7.07. The fourth-order valence-corrected chi connectivity index (χ4v) is 1.86. The fourth-order valence-electron chi connectivity index (χ4n) is 1.86. The van der Waals surface area contributed by atoms with Gasteiger partial charge in [0.1, 0.15) is 6.61 Å². The molecule has 0 saturated heterocycles. The van der Waals surface area contributed by atoms with Gasteiger partial charge in [0.25, 0.3) is 0 Å². The molecule has 0 bridgehead atoms. The first kappa shape index (κ1) is 15.9. The van der Waals surface area contributed by atoms with Crippen LogP contribution in [0.1, 0.15) is 44.9 Å². The average Bonchev–Trinajstić information content (AvgIpc) is 2.43. The van der Waals surface area contributed by atoms with E-state index in [1.165, 1.54) is 0 Å². The molecular formula is C15H26N2O2. The predicted molar refractivity (Wildman–Crippen MR) is 77.5 cm³/mol. The largest absolute Gasteiger partial charge is 0.476 e. The maximum atomic E-state index is 9.27. The van der Waals surface area contributed by atoms with Gasteiger partial charge in [0.05, 0.1) is 6.61 Å². The Morgan fingerprint density at radius 1 is 1.26 bits per heavy atom. The quantitative estimate of drug-likeness (QED) is 0.785. The number of pyridine rings is 1. The Hall–Kier alpha value is -1.13. The van der Waals surface area contributed by atoms with Crippen LogP contribution < -0.4 is 4.74 Å². The van der Waals surface area contributed by atoms with Crippen molar-refractivity contribution < 1.29 is 9.84 Å². The number of ether oxygens (including phenoxy) is 1. The zero-order chi connectivity index (χ0) is 14.3. The van der Waals surface area contributed by atoms with Crippen LogP contribution in [0.4, 0.5) is 0 Å². The van der Waals surface area contributed by atoms with E-state index in [0.717, 1.165) is 30.9 Å². The average molecular weight is 266 g/mol. The third kappa shape index (κ3) is 5.17. The number of aliphatic hydroxyl groups is 1. The summed E-state index contributed by atoms with van der Waals surface area (Å²) in [6, 6.07) is 3.75. The third-order valence-corrected chi connectivity index (χ3v) is 3.21. The minimum atomic E-state index is 0.0225. The third-order valence-electron chi connectivity index (χ3n) is 3.21. The van der Waals surface area contributed by atoms with Crippen molar-refractivity contribution in [2.45, 2.75) is 40.2 Å². The SMILES string of the molecule is CCN(CC)CCOc1cc(CO)cc(C(C)C)n1. The Morgan fingerprint density at radius 3 is 2.47 bits per heavy atom. The molecule has 4 heteroatoms. The van der Waals surface area contributed by atoms with E-state index < -0.39 is 0 Å². The van der Waals surface area contributed by atoms with Gasteiger partial charge in [0, 0.05) is 18.3 Å². The van der Waals surface area contributed by atoms with Gasteiger partial charge in [-0.1, -0.05) is 27.7 Å². The Balaban J connectivity index is 2.64. The molecule has 1 aromatic rings. The van der Waals surface area contributed by atoms with Crippen molar-refractivity contribution in [3.05, 3.63) is 23.4 Å². The number of likely N-dealkylation sites (N-methyl/N-ethyl adjacent to an activating group) is 1. The summed E-state index contributed by atoms with van der Waals surface area (Å²) in [7, 11) is 0. The summed E-state index contributed by atoms with van der Waals surface area (Å²) >= 11 is 0. The van der Waals surface area contributed by atoms with E-state index in [-0.39, 0.29) is 6.61 Å². The van der Waals surface area contributed by atoms with Gasteiger partial charge in [-0.25, -0.2) is 4.98 Å². The van der Waals surface area contributed by atoms with E-state index in [2.05, 4.69) is 37.6 Å². The zero-order valence-electron chi connectivity index (χ0n) is 12.5. The topological polar surface area (TPSA) is 45.6 Å². The highest BCUT2D eigenvalue weighted by molar-refractivity contribution is 5.26. The molecular weight excluding hydrogens is 240 g/mol. The number of rotatable bonds is 8. The van der Waals surface area contributed by atoms with Crippen LogP contribution in [-0.4, -0.2) is 41.2 Å². The smallest absolute Gasteiger partial charge is 0.213 e. The van der Waals surface area contributed by atoms with Gasteiger partial charge >= 0.3 is 0 Å². The van der Waals surface area contributed by atoms with Gasteiger partial charge in [-0.15, -0.1) is 0 Å². The van der Waals surface area contributed by atoms with Crippen LogP contribution in [0.2, 0.25) is 0 Å². The molecule has 0 aliphatic rings. The van der Waals surface area contributed by atoms with Crippen molar-refractivity contribution in [3.8, 4) is 5.88 Å². The van der Waals surface area contributed by atoms with Crippen molar-refractivity contribution in [2.24, 2.45) is 0 Å². The molecule has 0 spiro atoms.